The summed E-state index contributed by atoms with van der Waals surface area (Å²) in [7, 11) is 0. The molecule has 0 spiro atoms. The summed E-state index contributed by atoms with van der Waals surface area (Å²) in [6.45, 7) is 1.99. The molecule has 0 aliphatic rings. The third-order valence-corrected chi connectivity index (χ3v) is 6.53. The summed E-state index contributed by atoms with van der Waals surface area (Å²) >= 11 is 1.32. The van der Waals surface area contributed by atoms with Crippen LogP contribution in [0.2, 0.25) is 0 Å². The van der Waals surface area contributed by atoms with E-state index in [1.54, 1.807) is 0 Å². The van der Waals surface area contributed by atoms with Gasteiger partial charge in [-0.05, 0) is 42.3 Å². The van der Waals surface area contributed by atoms with E-state index >= 15 is 0 Å². The topological polar surface area (TPSA) is 50.7 Å². The van der Waals surface area contributed by atoms with Crippen molar-refractivity contribution in [2.24, 2.45) is 0 Å². The molecule has 0 aliphatic carbocycles. The molecular formula is C25H18F3N3OS. The summed E-state index contributed by atoms with van der Waals surface area (Å²) in [4.78, 5) is 21.4. The van der Waals surface area contributed by atoms with E-state index in [0.717, 1.165) is 34.2 Å². The van der Waals surface area contributed by atoms with Gasteiger partial charge in [0.2, 0.25) is 0 Å². The molecule has 0 aliphatic heterocycles. The molecule has 1 N–H and O–H groups in total. The number of H-pyrrole nitrogens is 1. The van der Waals surface area contributed by atoms with Gasteiger partial charge in [-0.25, -0.2) is 4.98 Å². The molecule has 33 heavy (non-hydrogen) atoms. The van der Waals surface area contributed by atoms with Gasteiger partial charge in [0.05, 0.1) is 11.3 Å². The Morgan fingerprint density at radius 2 is 1.76 bits per heavy atom. The molecular weight excluding hydrogens is 447 g/mol. The van der Waals surface area contributed by atoms with Crippen LogP contribution in [0.25, 0.3) is 27.6 Å². The Bertz CT molecular complexity index is 1550. The monoisotopic (exact) mass is 465 g/mol. The van der Waals surface area contributed by atoms with Crippen LogP contribution in [0.5, 0.6) is 0 Å². The van der Waals surface area contributed by atoms with Gasteiger partial charge < -0.3 is 4.98 Å². The summed E-state index contributed by atoms with van der Waals surface area (Å²) < 4.78 is 41.4. The number of hydrogen-bond donors (Lipinski definition) is 1. The smallest absolute Gasteiger partial charge is 0.349 e. The maximum Gasteiger partial charge on any atom is 0.416 e. The fourth-order valence-corrected chi connectivity index (χ4v) is 4.88. The maximum atomic E-state index is 13.6. The summed E-state index contributed by atoms with van der Waals surface area (Å²) in [5.41, 5.74) is 2.52. The molecule has 0 bridgehead atoms. The second-order valence-corrected chi connectivity index (χ2v) is 8.63. The number of fused-ring (bicyclic) bond motifs is 3. The van der Waals surface area contributed by atoms with Crippen LogP contribution < -0.4 is 5.56 Å². The van der Waals surface area contributed by atoms with Gasteiger partial charge in [-0.1, -0.05) is 60.3 Å². The summed E-state index contributed by atoms with van der Waals surface area (Å²) in [6.07, 6.45) is -4.52. The van der Waals surface area contributed by atoms with Crippen LogP contribution in [0.15, 0.2) is 82.7 Å². The fourth-order valence-electron chi connectivity index (χ4n) is 3.80. The third-order valence-electron chi connectivity index (χ3n) is 5.54. The van der Waals surface area contributed by atoms with Gasteiger partial charge >= 0.3 is 6.18 Å². The molecule has 8 heteroatoms. The fraction of sp³-hybridized carbons (Fsp3) is 0.120. The Labute approximate surface area is 191 Å². The highest BCUT2D eigenvalue weighted by atomic mass is 32.2. The minimum absolute atomic E-state index is 0.121. The zero-order chi connectivity index (χ0) is 23.2. The molecule has 0 amide bonds. The van der Waals surface area contributed by atoms with Crippen LogP contribution in [0.4, 0.5) is 13.2 Å². The first-order valence-electron chi connectivity index (χ1n) is 10.2. The number of thioether (sulfide) groups is 1. The van der Waals surface area contributed by atoms with Crippen molar-refractivity contribution in [1.29, 1.82) is 0 Å². The lowest BCUT2D eigenvalue weighted by atomic mass is 10.1. The first-order valence-corrected chi connectivity index (χ1v) is 11.2. The van der Waals surface area contributed by atoms with Crippen molar-refractivity contribution >= 4 is 33.7 Å². The van der Waals surface area contributed by atoms with E-state index in [1.165, 1.54) is 28.5 Å². The first-order chi connectivity index (χ1) is 15.8. The molecule has 2 aromatic heterocycles. The molecule has 5 aromatic rings. The number of rotatable bonds is 4. The van der Waals surface area contributed by atoms with E-state index in [1.807, 2.05) is 55.5 Å². The lowest BCUT2D eigenvalue weighted by Gasteiger charge is -2.14. The number of alkyl halides is 3. The molecule has 0 saturated heterocycles. The molecule has 166 valence electrons. The Morgan fingerprint density at radius 1 is 1.00 bits per heavy atom. The second-order valence-electron chi connectivity index (χ2n) is 7.69. The van der Waals surface area contributed by atoms with Gasteiger partial charge in [0.1, 0.15) is 11.0 Å². The quantitative estimate of drug-likeness (QED) is 0.244. The number of halogens is 3. The molecule has 0 atom stereocenters. The number of aryl methyl sites for hydroxylation is 1. The van der Waals surface area contributed by atoms with E-state index in [4.69, 9.17) is 4.98 Å². The van der Waals surface area contributed by atoms with E-state index < -0.39 is 17.3 Å². The van der Waals surface area contributed by atoms with Crippen molar-refractivity contribution in [2.75, 3.05) is 0 Å². The minimum atomic E-state index is -4.52. The third kappa shape index (κ3) is 3.91. The predicted molar refractivity (Wildman–Crippen MR) is 125 cm³/mol. The molecule has 0 radical (unpaired) electrons. The summed E-state index contributed by atoms with van der Waals surface area (Å²) in [6, 6.07) is 20.0. The van der Waals surface area contributed by atoms with Gasteiger partial charge in [0.15, 0.2) is 5.16 Å². The Morgan fingerprint density at radius 3 is 2.55 bits per heavy atom. The lowest BCUT2D eigenvalue weighted by Crippen LogP contribution is -2.22. The second kappa shape index (κ2) is 8.12. The van der Waals surface area contributed by atoms with Crippen molar-refractivity contribution in [3.05, 3.63) is 99.8 Å². The van der Waals surface area contributed by atoms with E-state index in [2.05, 4.69) is 4.98 Å². The first kappa shape index (κ1) is 21.3. The lowest BCUT2D eigenvalue weighted by molar-refractivity contribution is -0.137. The highest BCUT2D eigenvalue weighted by molar-refractivity contribution is 7.98. The highest BCUT2D eigenvalue weighted by Gasteiger charge is 2.31. The normalized spacial score (nSPS) is 12.0. The molecule has 5 rings (SSSR count). The number of benzene rings is 3. The molecule has 2 heterocycles. The number of hydrogen-bond acceptors (Lipinski definition) is 3. The van der Waals surface area contributed by atoms with Crippen LogP contribution in [0.1, 0.15) is 16.7 Å². The predicted octanol–water partition coefficient (Wildman–Crippen LogP) is 6.49. The van der Waals surface area contributed by atoms with Crippen LogP contribution in [-0.2, 0) is 11.9 Å². The van der Waals surface area contributed by atoms with Crippen LogP contribution >= 0.6 is 11.8 Å². The Hall–Kier alpha value is -3.52. The molecule has 0 unspecified atom stereocenters. The largest absolute Gasteiger partial charge is 0.416 e. The van der Waals surface area contributed by atoms with Gasteiger partial charge in [-0.3, -0.25) is 9.36 Å². The van der Waals surface area contributed by atoms with Crippen LogP contribution in [-0.4, -0.2) is 14.5 Å². The average molecular weight is 466 g/mol. The molecule has 0 saturated carbocycles. The van der Waals surface area contributed by atoms with E-state index in [9.17, 15) is 18.0 Å². The maximum absolute atomic E-state index is 13.6. The van der Waals surface area contributed by atoms with Gasteiger partial charge in [-0.2, -0.15) is 13.2 Å². The molecule has 0 fully saturated rings. The number of aromatic nitrogens is 3. The highest BCUT2D eigenvalue weighted by Crippen LogP contribution is 2.32. The van der Waals surface area contributed by atoms with Crippen LogP contribution in [0, 0.1) is 6.92 Å². The van der Waals surface area contributed by atoms with Crippen molar-refractivity contribution in [3.8, 4) is 5.69 Å². The Balaban J connectivity index is 1.73. The zero-order valence-corrected chi connectivity index (χ0v) is 18.3. The standard InChI is InChI=1S/C25H18F3N3OS/c1-15-7-2-3-8-16(15)14-33-24-30-21-19-11-4-5-12-20(19)29-22(21)23(32)31(24)18-10-6-9-17(13-18)25(26,27)28/h2-13,29H,14H2,1H3. The van der Waals surface area contributed by atoms with Crippen molar-refractivity contribution in [3.63, 3.8) is 0 Å². The zero-order valence-electron chi connectivity index (χ0n) is 17.5. The molecule has 3 aromatic carbocycles. The summed E-state index contributed by atoms with van der Waals surface area (Å²) in [5, 5.41) is 1.12. The number of nitrogens with zero attached hydrogens (tertiary/aromatic N) is 2. The minimum Gasteiger partial charge on any atom is -0.349 e. The van der Waals surface area contributed by atoms with Gasteiger partial charge in [0.25, 0.3) is 5.56 Å². The van der Waals surface area contributed by atoms with Crippen molar-refractivity contribution < 1.29 is 13.2 Å². The van der Waals surface area contributed by atoms with Crippen molar-refractivity contribution in [1.82, 2.24) is 14.5 Å². The van der Waals surface area contributed by atoms with E-state index in [0.29, 0.717) is 16.4 Å². The average Bonchev–Trinajstić information content (AvgIpc) is 3.17. The number of para-hydroxylation sites is 1. The van der Waals surface area contributed by atoms with Gasteiger partial charge in [-0.15, -0.1) is 0 Å². The van der Waals surface area contributed by atoms with Crippen molar-refractivity contribution in [2.45, 2.75) is 24.0 Å². The SMILES string of the molecule is Cc1ccccc1CSc1nc2c([nH]c3ccccc32)c(=O)n1-c1cccc(C(F)(F)F)c1. The molecule has 4 nitrogen and oxygen atoms in total. The summed E-state index contributed by atoms with van der Waals surface area (Å²) in [5.74, 6) is 0.520. The number of nitrogens with one attached hydrogen (secondary N) is 1. The van der Waals surface area contributed by atoms with Gasteiger partial charge in [0, 0.05) is 16.7 Å². The van der Waals surface area contributed by atoms with E-state index in [-0.39, 0.29) is 11.2 Å². The Kier molecular flexibility index (Phi) is 5.25. The number of aromatic amines is 1. The van der Waals surface area contributed by atoms with Crippen LogP contribution in [0.3, 0.4) is 0 Å².